The van der Waals surface area contributed by atoms with Gasteiger partial charge in [-0.2, -0.15) is 0 Å². The molecular formula is C16H19ClN4. The van der Waals surface area contributed by atoms with Crippen LogP contribution in [0, 0.1) is 6.92 Å². The predicted octanol–water partition coefficient (Wildman–Crippen LogP) is 2.95. The summed E-state index contributed by atoms with van der Waals surface area (Å²) in [5, 5.41) is 0.777. The van der Waals surface area contributed by atoms with Crippen molar-refractivity contribution in [1.82, 2.24) is 4.98 Å². The van der Waals surface area contributed by atoms with E-state index in [0.717, 1.165) is 48.3 Å². The third-order valence-electron chi connectivity index (χ3n) is 3.93. The third-order valence-corrected chi connectivity index (χ3v) is 4.18. The van der Waals surface area contributed by atoms with Crippen LogP contribution in [0.3, 0.4) is 0 Å². The van der Waals surface area contributed by atoms with Crippen LogP contribution in [0.4, 0.5) is 17.2 Å². The number of nitrogen functional groups attached to an aromatic ring is 1. The lowest BCUT2D eigenvalue weighted by Crippen LogP contribution is -2.46. The molecule has 0 amide bonds. The van der Waals surface area contributed by atoms with Gasteiger partial charge in [0.15, 0.2) is 0 Å². The highest BCUT2D eigenvalue weighted by molar-refractivity contribution is 6.30. The molecule has 2 N–H and O–H groups in total. The molecule has 1 saturated heterocycles. The molecule has 2 heterocycles. The SMILES string of the molecule is Cc1cc(N2CCN(c3ccc(Cl)cc3)CC2)ncc1N. The van der Waals surface area contributed by atoms with Gasteiger partial charge in [0, 0.05) is 36.9 Å². The largest absolute Gasteiger partial charge is 0.397 e. The summed E-state index contributed by atoms with van der Waals surface area (Å²) in [6, 6.07) is 10.1. The standard InChI is InChI=1S/C16H19ClN4/c1-12-10-16(19-11-15(12)18)21-8-6-20(7-9-21)14-4-2-13(17)3-5-14/h2-5,10-11H,6-9,18H2,1H3. The van der Waals surface area contributed by atoms with Gasteiger partial charge < -0.3 is 15.5 Å². The third kappa shape index (κ3) is 3.05. The van der Waals surface area contributed by atoms with Gasteiger partial charge in [0.05, 0.1) is 11.9 Å². The van der Waals surface area contributed by atoms with E-state index < -0.39 is 0 Å². The van der Waals surface area contributed by atoms with E-state index in [1.165, 1.54) is 5.69 Å². The Morgan fingerprint density at radius 1 is 1.05 bits per heavy atom. The number of pyridine rings is 1. The summed E-state index contributed by atoms with van der Waals surface area (Å²) >= 11 is 5.94. The Morgan fingerprint density at radius 3 is 2.29 bits per heavy atom. The number of nitrogens with zero attached hydrogens (tertiary/aromatic N) is 3. The van der Waals surface area contributed by atoms with Crippen LogP contribution in [0.25, 0.3) is 0 Å². The molecule has 2 aromatic rings. The number of hydrogen-bond donors (Lipinski definition) is 1. The molecule has 0 bridgehead atoms. The molecule has 21 heavy (non-hydrogen) atoms. The minimum atomic E-state index is 0.749. The second-order valence-electron chi connectivity index (χ2n) is 5.35. The van der Waals surface area contributed by atoms with Crippen LogP contribution in [0.1, 0.15) is 5.56 Å². The highest BCUT2D eigenvalue weighted by Crippen LogP contribution is 2.22. The van der Waals surface area contributed by atoms with E-state index in [1.807, 2.05) is 19.1 Å². The highest BCUT2D eigenvalue weighted by atomic mass is 35.5. The molecule has 0 atom stereocenters. The number of piperazine rings is 1. The van der Waals surface area contributed by atoms with Gasteiger partial charge in [0.1, 0.15) is 5.82 Å². The lowest BCUT2D eigenvalue weighted by Gasteiger charge is -2.36. The van der Waals surface area contributed by atoms with Crippen molar-refractivity contribution in [3.05, 3.63) is 47.1 Å². The van der Waals surface area contributed by atoms with Gasteiger partial charge in [-0.3, -0.25) is 0 Å². The molecule has 1 aliphatic heterocycles. The fourth-order valence-corrected chi connectivity index (χ4v) is 2.70. The smallest absolute Gasteiger partial charge is 0.129 e. The first kappa shape index (κ1) is 14.0. The van der Waals surface area contributed by atoms with Gasteiger partial charge in [0.2, 0.25) is 0 Å². The van der Waals surface area contributed by atoms with Crippen molar-refractivity contribution in [2.75, 3.05) is 41.7 Å². The van der Waals surface area contributed by atoms with Crippen LogP contribution in [0.5, 0.6) is 0 Å². The number of benzene rings is 1. The number of rotatable bonds is 2. The Morgan fingerprint density at radius 2 is 1.67 bits per heavy atom. The zero-order valence-electron chi connectivity index (χ0n) is 12.1. The number of halogens is 1. The Balaban J connectivity index is 1.67. The summed E-state index contributed by atoms with van der Waals surface area (Å²) in [7, 11) is 0. The predicted molar refractivity (Wildman–Crippen MR) is 89.3 cm³/mol. The summed E-state index contributed by atoms with van der Waals surface area (Å²) in [6.07, 6.45) is 1.75. The lowest BCUT2D eigenvalue weighted by molar-refractivity contribution is 0.647. The molecule has 4 nitrogen and oxygen atoms in total. The van der Waals surface area contributed by atoms with E-state index >= 15 is 0 Å². The molecule has 0 aliphatic carbocycles. The van der Waals surface area contributed by atoms with Crippen LogP contribution >= 0.6 is 11.6 Å². The Kier molecular flexibility index (Phi) is 3.88. The van der Waals surface area contributed by atoms with Crippen LogP contribution < -0.4 is 15.5 Å². The van der Waals surface area contributed by atoms with Gasteiger partial charge >= 0.3 is 0 Å². The normalized spacial score (nSPS) is 15.3. The zero-order chi connectivity index (χ0) is 14.8. The van der Waals surface area contributed by atoms with E-state index in [4.69, 9.17) is 17.3 Å². The first-order chi connectivity index (χ1) is 10.1. The summed E-state index contributed by atoms with van der Waals surface area (Å²) < 4.78 is 0. The molecule has 3 rings (SSSR count). The summed E-state index contributed by atoms with van der Waals surface area (Å²) in [5.74, 6) is 1.01. The first-order valence-corrected chi connectivity index (χ1v) is 7.49. The van der Waals surface area contributed by atoms with E-state index in [1.54, 1.807) is 6.20 Å². The topological polar surface area (TPSA) is 45.4 Å². The second kappa shape index (κ2) is 5.82. The van der Waals surface area contributed by atoms with Gasteiger partial charge in [-0.15, -0.1) is 0 Å². The summed E-state index contributed by atoms with van der Waals surface area (Å²) in [5.41, 5.74) is 8.88. The Bertz CT molecular complexity index is 619. The fraction of sp³-hybridized carbons (Fsp3) is 0.312. The average Bonchev–Trinajstić information content (AvgIpc) is 2.51. The maximum atomic E-state index is 5.94. The fourth-order valence-electron chi connectivity index (χ4n) is 2.57. The molecule has 110 valence electrons. The van der Waals surface area contributed by atoms with Crippen LogP contribution in [0.2, 0.25) is 5.02 Å². The van der Waals surface area contributed by atoms with E-state index in [0.29, 0.717) is 0 Å². The molecular weight excluding hydrogens is 284 g/mol. The molecule has 0 saturated carbocycles. The molecule has 0 spiro atoms. The van der Waals surface area contributed by atoms with Gasteiger partial charge in [-0.25, -0.2) is 4.98 Å². The van der Waals surface area contributed by atoms with Crippen molar-refractivity contribution in [3.63, 3.8) is 0 Å². The maximum Gasteiger partial charge on any atom is 0.129 e. The minimum absolute atomic E-state index is 0.749. The van der Waals surface area contributed by atoms with Crippen LogP contribution in [0.15, 0.2) is 36.5 Å². The second-order valence-corrected chi connectivity index (χ2v) is 5.79. The summed E-state index contributed by atoms with van der Waals surface area (Å²) in [4.78, 5) is 9.11. The number of aryl methyl sites for hydroxylation is 1. The number of aromatic nitrogens is 1. The van der Waals surface area contributed by atoms with E-state index in [-0.39, 0.29) is 0 Å². The van der Waals surface area contributed by atoms with Crippen molar-refractivity contribution in [1.29, 1.82) is 0 Å². The van der Waals surface area contributed by atoms with Crippen molar-refractivity contribution in [3.8, 4) is 0 Å². The lowest BCUT2D eigenvalue weighted by atomic mass is 10.2. The van der Waals surface area contributed by atoms with Gasteiger partial charge in [0.25, 0.3) is 0 Å². The Hall–Kier alpha value is -1.94. The molecule has 0 radical (unpaired) electrons. The molecule has 5 heteroatoms. The highest BCUT2D eigenvalue weighted by Gasteiger charge is 2.18. The van der Waals surface area contributed by atoms with Crippen molar-refractivity contribution < 1.29 is 0 Å². The quantitative estimate of drug-likeness (QED) is 0.926. The van der Waals surface area contributed by atoms with Crippen LogP contribution in [-0.2, 0) is 0 Å². The van der Waals surface area contributed by atoms with Crippen molar-refractivity contribution in [2.24, 2.45) is 0 Å². The number of nitrogens with two attached hydrogens (primary N) is 1. The Labute approximate surface area is 130 Å². The average molecular weight is 303 g/mol. The molecule has 0 unspecified atom stereocenters. The first-order valence-electron chi connectivity index (χ1n) is 7.11. The van der Waals surface area contributed by atoms with E-state index in [2.05, 4.69) is 33.0 Å². The van der Waals surface area contributed by atoms with Crippen LogP contribution in [-0.4, -0.2) is 31.2 Å². The minimum Gasteiger partial charge on any atom is -0.397 e. The van der Waals surface area contributed by atoms with Crippen molar-refractivity contribution in [2.45, 2.75) is 6.92 Å². The monoisotopic (exact) mass is 302 g/mol. The van der Waals surface area contributed by atoms with Gasteiger partial charge in [-0.05, 0) is 42.8 Å². The number of anilines is 3. The molecule has 1 aliphatic rings. The zero-order valence-corrected chi connectivity index (χ0v) is 12.8. The maximum absolute atomic E-state index is 5.94. The van der Waals surface area contributed by atoms with Gasteiger partial charge in [-0.1, -0.05) is 11.6 Å². The van der Waals surface area contributed by atoms with E-state index in [9.17, 15) is 0 Å². The molecule has 1 fully saturated rings. The number of hydrogen-bond acceptors (Lipinski definition) is 4. The van der Waals surface area contributed by atoms with Crippen molar-refractivity contribution >= 4 is 28.8 Å². The molecule has 1 aromatic heterocycles. The molecule has 1 aromatic carbocycles. The summed E-state index contributed by atoms with van der Waals surface area (Å²) in [6.45, 7) is 5.89.